The van der Waals surface area contributed by atoms with E-state index in [1.807, 2.05) is 39.0 Å². The van der Waals surface area contributed by atoms with E-state index in [9.17, 15) is 4.79 Å². The number of nitrogens with zero attached hydrogens (tertiary/aromatic N) is 1. The molecule has 1 aromatic rings. The lowest BCUT2D eigenvalue weighted by Crippen LogP contribution is -2.44. The predicted molar refractivity (Wildman–Crippen MR) is 94.2 cm³/mol. The van der Waals surface area contributed by atoms with Crippen molar-refractivity contribution in [2.75, 3.05) is 31.5 Å². The van der Waals surface area contributed by atoms with Gasteiger partial charge in [0.2, 0.25) is 0 Å². The van der Waals surface area contributed by atoms with Crippen molar-refractivity contribution in [2.24, 2.45) is 0 Å². The second-order valence-electron chi connectivity index (χ2n) is 6.83. The SMILES string of the molecule is CC(c1ccc(Cl)c(NC(=O)OC(C)(C)C)c1)N1CCNCC1. The van der Waals surface area contributed by atoms with E-state index in [0.29, 0.717) is 10.7 Å². The molecule has 1 fully saturated rings. The van der Waals surface area contributed by atoms with Gasteiger partial charge in [0.1, 0.15) is 5.60 Å². The Morgan fingerprint density at radius 1 is 1.35 bits per heavy atom. The number of hydrogen-bond acceptors (Lipinski definition) is 4. The molecule has 1 amide bonds. The van der Waals surface area contributed by atoms with E-state index in [4.69, 9.17) is 16.3 Å². The van der Waals surface area contributed by atoms with Gasteiger partial charge in [0.15, 0.2) is 0 Å². The molecule has 0 saturated carbocycles. The zero-order valence-corrected chi connectivity index (χ0v) is 15.0. The molecule has 2 N–H and O–H groups in total. The first kappa shape index (κ1) is 18.0. The van der Waals surface area contributed by atoms with Crippen molar-refractivity contribution in [3.05, 3.63) is 28.8 Å². The molecule has 0 aliphatic carbocycles. The minimum atomic E-state index is -0.539. The van der Waals surface area contributed by atoms with Gasteiger partial charge < -0.3 is 10.1 Å². The van der Waals surface area contributed by atoms with Crippen LogP contribution in [0.3, 0.4) is 0 Å². The van der Waals surface area contributed by atoms with Crippen LogP contribution >= 0.6 is 11.6 Å². The lowest BCUT2D eigenvalue weighted by molar-refractivity contribution is 0.0636. The van der Waals surface area contributed by atoms with Gasteiger partial charge in [-0.3, -0.25) is 10.2 Å². The first-order valence-electron chi connectivity index (χ1n) is 8.00. The van der Waals surface area contributed by atoms with Crippen LogP contribution in [0.1, 0.15) is 39.3 Å². The lowest BCUT2D eigenvalue weighted by Gasteiger charge is -2.33. The van der Waals surface area contributed by atoms with Crippen LogP contribution in [0.25, 0.3) is 0 Å². The van der Waals surface area contributed by atoms with Gasteiger partial charge in [0.25, 0.3) is 0 Å². The predicted octanol–water partition coefficient (Wildman–Crippen LogP) is 3.65. The molecule has 1 atom stereocenters. The van der Waals surface area contributed by atoms with Gasteiger partial charge in [-0.1, -0.05) is 17.7 Å². The zero-order chi connectivity index (χ0) is 17.0. The summed E-state index contributed by atoms with van der Waals surface area (Å²) in [6, 6.07) is 6.03. The Morgan fingerprint density at radius 2 is 2.00 bits per heavy atom. The minimum Gasteiger partial charge on any atom is -0.444 e. The Bertz CT molecular complexity index is 551. The van der Waals surface area contributed by atoms with Crippen molar-refractivity contribution >= 4 is 23.4 Å². The summed E-state index contributed by atoms with van der Waals surface area (Å²) < 4.78 is 5.29. The third-order valence-corrected chi connectivity index (χ3v) is 4.14. The van der Waals surface area contributed by atoms with E-state index >= 15 is 0 Å². The molecule has 0 spiro atoms. The first-order valence-corrected chi connectivity index (χ1v) is 8.38. The first-order chi connectivity index (χ1) is 10.8. The third kappa shape index (κ3) is 5.37. The summed E-state index contributed by atoms with van der Waals surface area (Å²) in [5, 5.41) is 6.60. The van der Waals surface area contributed by atoms with E-state index in [-0.39, 0.29) is 6.04 Å². The minimum absolute atomic E-state index is 0.272. The summed E-state index contributed by atoms with van der Waals surface area (Å²) in [5.41, 5.74) is 1.17. The Labute approximate surface area is 143 Å². The molecule has 1 aliphatic rings. The number of carbonyl (C=O) groups is 1. The number of hydrogen-bond donors (Lipinski definition) is 2. The fraction of sp³-hybridized carbons (Fsp3) is 0.588. The number of rotatable bonds is 3. The second-order valence-corrected chi connectivity index (χ2v) is 7.24. The molecule has 0 aromatic heterocycles. The molecule has 23 heavy (non-hydrogen) atoms. The molecular formula is C17H26ClN3O2. The van der Waals surface area contributed by atoms with Crippen molar-refractivity contribution in [1.82, 2.24) is 10.2 Å². The number of anilines is 1. The van der Waals surface area contributed by atoms with Gasteiger partial charge in [-0.25, -0.2) is 4.79 Å². The van der Waals surface area contributed by atoms with Crippen molar-refractivity contribution < 1.29 is 9.53 Å². The van der Waals surface area contributed by atoms with E-state index in [1.165, 1.54) is 0 Å². The number of benzene rings is 1. The fourth-order valence-corrected chi connectivity index (χ4v) is 2.76. The van der Waals surface area contributed by atoms with Crippen molar-refractivity contribution in [3.63, 3.8) is 0 Å². The Kier molecular flexibility index (Phi) is 5.89. The van der Waals surface area contributed by atoms with E-state index in [0.717, 1.165) is 31.7 Å². The third-order valence-electron chi connectivity index (χ3n) is 3.81. The highest BCUT2D eigenvalue weighted by Crippen LogP contribution is 2.29. The van der Waals surface area contributed by atoms with Crippen molar-refractivity contribution in [3.8, 4) is 0 Å². The average Bonchev–Trinajstić information content (AvgIpc) is 2.48. The van der Waals surface area contributed by atoms with Crippen LogP contribution in [0, 0.1) is 0 Å². The summed E-state index contributed by atoms with van der Waals surface area (Å²) >= 11 is 6.21. The van der Waals surface area contributed by atoms with E-state index in [1.54, 1.807) is 0 Å². The molecule has 128 valence electrons. The average molecular weight is 340 g/mol. The standard InChI is InChI=1S/C17H26ClN3O2/c1-12(21-9-7-19-8-10-21)13-5-6-14(18)15(11-13)20-16(22)23-17(2,3)4/h5-6,11-12,19H,7-10H2,1-4H3,(H,20,22). The second kappa shape index (κ2) is 7.51. The maximum atomic E-state index is 12.0. The largest absolute Gasteiger partial charge is 0.444 e. The summed E-state index contributed by atoms with van der Waals surface area (Å²) in [6.45, 7) is 11.7. The maximum Gasteiger partial charge on any atom is 0.412 e. The smallest absolute Gasteiger partial charge is 0.412 e. The Balaban J connectivity index is 2.10. The number of ether oxygens (including phenoxy) is 1. The highest BCUT2D eigenvalue weighted by atomic mass is 35.5. The lowest BCUT2D eigenvalue weighted by atomic mass is 10.1. The van der Waals surface area contributed by atoms with Crippen LogP contribution in [-0.4, -0.2) is 42.8 Å². The van der Waals surface area contributed by atoms with Crippen LogP contribution in [-0.2, 0) is 4.74 Å². The van der Waals surface area contributed by atoms with Gasteiger partial charge in [0.05, 0.1) is 10.7 Å². The van der Waals surface area contributed by atoms with Crippen LogP contribution in [0.5, 0.6) is 0 Å². The number of halogens is 1. The molecule has 1 aromatic carbocycles. The topological polar surface area (TPSA) is 53.6 Å². The number of piperazine rings is 1. The van der Waals surface area contributed by atoms with Gasteiger partial charge >= 0.3 is 6.09 Å². The molecule has 1 aliphatic heterocycles. The summed E-state index contributed by atoms with van der Waals surface area (Å²) in [5.74, 6) is 0. The van der Waals surface area contributed by atoms with E-state index in [2.05, 4.69) is 22.5 Å². The molecule has 1 heterocycles. The Hall–Kier alpha value is -1.30. The van der Waals surface area contributed by atoms with Crippen LogP contribution in [0.4, 0.5) is 10.5 Å². The van der Waals surface area contributed by atoms with Crippen molar-refractivity contribution in [2.45, 2.75) is 39.3 Å². The zero-order valence-electron chi connectivity index (χ0n) is 14.3. The molecule has 1 saturated heterocycles. The fourth-order valence-electron chi connectivity index (χ4n) is 2.59. The monoisotopic (exact) mass is 339 g/mol. The molecule has 1 unspecified atom stereocenters. The molecule has 2 rings (SSSR count). The normalized spacial score (nSPS) is 17.6. The van der Waals surface area contributed by atoms with Gasteiger partial charge in [0, 0.05) is 32.2 Å². The summed E-state index contributed by atoms with van der Waals surface area (Å²) in [4.78, 5) is 14.4. The Morgan fingerprint density at radius 3 is 2.61 bits per heavy atom. The molecular weight excluding hydrogens is 314 g/mol. The summed E-state index contributed by atoms with van der Waals surface area (Å²) in [6.07, 6.45) is -0.494. The number of nitrogens with one attached hydrogen (secondary N) is 2. The molecule has 0 radical (unpaired) electrons. The molecule has 5 nitrogen and oxygen atoms in total. The van der Waals surface area contributed by atoms with Gasteiger partial charge in [-0.2, -0.15) is 0 Å². The van der Waals surface area contributed by atoms with Gasteiger partial charge in [-0.15, -0.1) is 0 Å². The van der Waals surface area contributed by atoms with Crippen LogP contribution in [0.15, 0.2) is 18.2 Å². The van der Waals surface area contributed by atoms with Crippen LogP contribution in [0.2, 0.25) is 5.02 Å². The molecule has 6 heteroatoms. The highest BCUT2D eigenvalue weighted by molar-refractivity contribution is 6.33. The maximum absolute atomic E-state index is 12.0. The number of carbonyl (C=O) groups excluding carboxylic acids is 1. The van der Waals surface area contributed by atoms with E-state index < -0.39 is 11.7 Å². The van der Waals surface area contributed by atoms with Crippen LogP contribution < -0.4 is 10.6 Å². The molecule has 0 bridgehead atoms. The number of amides is 1. The van der Waals surface area contributed by atoms with Gasteiger partial charge in [-0.05, 0) is 45.4 Å². The highest BCUT2D eigenvalue weighted by Gasteiger charge is 2.20. The quantitative estimate of drug-likeness (QED) is 0.882. The summed E-state index contributed by atoms with van der Waals surface area (Å²) in [7, 11) is 0. The van der Waals surface area contributed by atoms with Crippen molar-refractivity contribution in [1.29, 1.82) is 0 Å².